The quantitative estimate of drug-likeness (QED) is 0.139. The Bertz CT molecular complexity index is 386. The second kappa shape index (κ2) is 21.7. The van der Waals surface area contributed by atoms with Crippen molar-refractivity contribution in [1.29, 1.82) is 0 Å². The molecule has 0 heterocycles. The molecule has 0 unspecified atom stereocenters. The minimum atomic E-state index is -0.180. The first-order chi connectivity index (χ1) is 13.7. The first kappa shape index (κ1) is 26.4. The molecule has 0 radical (unpaired) electrons. The van der Waals surface area contributed by atoms with Crippen LogP contribution < -0.4 is 0 Å². The number of carbonyl (C=O) groups excluding carboxylic acids is 2. The number of unbranched alkanes of at least 4 members (excludes halogenated alkanes) is 7. The zero-order valence-electron chi connectivity index (χ0n) is 18.3. The molecule has 0 aliphatic heterocycles. The molecule has 0 aliphatic carbocycles. The number of ether oxygens (including phenoxy) is 2. The highest BCUT2D eigenvalue weighted by molar-refractivity contribution is 5.70. The number of carbonyl (C=O) groups is 2. The summed E-state index contributed by atoms with van der Waals surface area (Å²) in [4.78, 5) is 23.3. The molecular formula is C24H42O4. The third kappa shape index (κ3) is 20.7. The summed E-state index contributed by atoms with van der Waals surface area (Å²) in [6.45, 7) is 5.27. The Balaban J connectivity index is 3.43. The van der Waals surface area contributed by atoms with Crippen LogP contribution in [0.1, 0.15) is 104 Å². The lowest BCUT2D eigenvalue weighted by molar-refractivity contribution is -0.145. The molecular weight excluding hydrogens is 352 g/mol. The Kier molecular flexibility index (Phi) is 20.5. The molecule has 0 spiro atoms. The Morgan fingerprint density at radius 3 is 1.36 bits per heavy atom. The standard InChI is InChI=1S/C24H42O4/c1-3-5-7-9-11-13-17-21-27-23(25)19-15-16-20-24(26)28-22-18-14-12-10-8-6-4-2/h11-14H,3-10,15-22H2,1-2H3/b13-11-,14-12-. The summed E-state index contributed by atoms with van der Waals surface area (Å²) in [6.07, 6.45) is 21.8. The number of esters is 2. The average Bonchev–Trinajstić information content (AvgIpc) is 2.69. The fourth-order valence-electron chi connectivity index (χ4n) is 2.66. The van der Waals surface area contributed by atoms with Gasteiger partial charge in [-0.15, -0.1) is 0 Å². The molecule has 0 saturated carbocycles. The van der Waals surface area contributed by atoms with Crippen molar-refractivity contribution in [2.24, 2.45) is 0 Å². The van der Waals surface area contributed by atoms with Crippen molar-refractivity contribution < 1.29 is 19.1 Å². The largest absolute Gasteiger partial charge is 0.465 e. The van der Waals surface area contributed by atoms with Crippen LogP contribution in [0.25, 0.3) is 0 Å². The van der Waals surface area contributed by atoms with E-state index in [1.165, 1.54) is 38.5 Å². The van der Waals surface area contributed by atoms with Crippen LogP contribution in [0.5, 0.6) is 0 Å². The van der Waals surface area contributed by atoms with Crippen molar-refractivity contribution in [3.8, 4) is 0 Å². The Morgan fingerprint density at radius 1 is 0.571 bits per heavy atom. The zero-order valence-corrected chi connectivity index (χ0v) is 18.3. The van der Waals surface area contributed by atoms with E-state index >= 15 is 0 Å². The van der Waals surface area contributed by atoms with E-state index in [1.807, 2.05) is 0 Å². The van der Waals surface area contributed by atoms with Crippen LogP contribution in [0, 0.1) is 0 Å². The van der Waals surface area contributed by atoms with E-state index in [4.69, 9.17) is 9.47 Å². The highest BCUT2D eigenvalue weighted by Gasteiger charge is 2.05. The first-order valence-corrected chi connectivity index (χ1v) is 11.3. The Hall–Kier alpha value is -1.58. The molecule has 0 aromatic heterocycles. The molecule has 0 N–H and O–H groups in total. The minimum absolute atomic E-state index is 0.180. The van der Waals surface area contributed by atoms with Gasteiger partial charge in [0.25, 0.3) is 0 Å². The van der Waals surface area contributed by atoms with Gasteiger partial charge in [-0.3, -0.25) is 9.59 Å². The van der Waals surface area contributed by atoms with Crippen LogP contribution in [0.15, 0.2) is 24.3 Å². The molecule has 0 atom stereocenters. The minimum Gasteiger partial charge on any atom is -0.465 e. The van der Waals surface area contributed by atoms with E-state index in [-0.39, 0.29) is 11.9 Å². The van der Waals surface area contributed by atoms with E-state index in [0.29, 0.717) is 38.9 Å². The summed E-state index contributed by atoms with van der Waals surface area (Å²) < 4.78 is 10.4. The normalized spacial score (nSPS) is 11.4. The highest BCUT2D eigenvalue weighted by atomic mass is 16.5. The highest BCUT2D eigenvalue weighted by Crippen LogP contribution is 2.05. The number of rotatable bonds is 19. The van der Waals surface area contributed by atoms with Crippen LogP contribution in [-0.2, 0) is 19.1 Å². The third-order valence-electron chi connectivity index (χ3n) is 4.39. The smallest absolute Gasteiger partial charge is 0.305 e. The lowest BCUT2D eigenvalue weighted by Crippen LogP contribution is -2.07. The van der Waals surface area contributed by atoms with Gasteiger partial charge in [-0.2, -0.15) is 0 Å². The molecule has 0 bridgehead atoms. The molecule has 4 heteroatoms. The Morgan fingerprint density at radius 2 is 0.964 bits per heavy atom. The van der Waals surface area contributed by atoms with Gasteiger partial charge in [0.05, 0.1) is 13.2 Å². The third-order valence-corrected chi connectivity index (χ3v) is 4.39. The SMILES string of the molecule is CCCCC/C=C\CCOC(=O)CCCCC(=O)OCC/C=C\CCCCC. The fourth-order valence-corrected chi connectivity index (χ4v) is 2.66. The van der Waals surface area contributed by atoms with E-state index in [9.17, 15) is 9.59 Å². The molecule has 0 rings (SSSR count). The summed E-state index contributed by atoms with van der Waals surface area (Å²) >= 11 is 0. The molecule has 28 heavy (non-hydrogen) atoms. The fraction of sp³-hybridized carbons (Fsp3) is 0.750. The van der Waals surface area contributed by atoms with Gasteiger partial charge < -0.3 is 9.47 Å². The summed E-state index contributed by atoms with van der Waals surface area (Å²) in [5.41, 5.74) is 0. The van der Waals surface area contributed by atoms with Gasteiger partial charge in [0, 0.05) is 12.8 Å². The van der Waals surface area contributed by atoms with Crippen molar-refractivity contribution >= 4 is 11.9 Å². The number of allylic oxidation sites excluding steroid dienone is 2. The van der Waals surface area contributed by atoms with Crippen molar-refractivity contribution in [2.45, 2.75) is 104 Å². The van der Waals surface area contributed by atoms with Crippen molar-refractivity contribution in [1.82, 2.24) is 0 Å². The molecule has 0 aromatic carbocycles. The summed E-state index contributed by atoms with van der Waals surface area (Å²) in [5, 5.41) is 0. The van der Waals surface area contributed by atoms with Gasteiger partial charge in [-0.1, -0.05) is 63.8 Å². The number of hydrogen-bond donors (Lipinski definition) is 0. The van der Waals surface area contributed by atoms with Gasteiger partial charge in [0.1, 0.15) is 0 Å². The Labute approximate surface area is 172 Å². The van der Waals surface area contributed by atoms with E-state index in [1.54, 1.807) is 0 Å². The second-order valence-electron chi connectivity index (χ2n) is 7.16. The molecule has 0 amide bonds. The maximum Gasteiger partial charge on any atom is 0.305 e. The molecule has 0 aliphatic rings. The van der Waals surface area contributed by atoms with Crippen molar-refractivity contribution in [2.75, 3.05) is 13.2 Å². The predicted octanol–water partition coefficient (Wildman–Crippen LogP) is 6.69. The van der Waals surface area contributed by atoms with Crippen LogP contribution in [-0.4, -0.2) is 25.2 Å². The zero-order chi connectivity index (χ0) is 20.7. The molecule has 0 aromatic rings. The molecule has 162 valence electrons. The molecule has 0 fully saturated rings. The second-order valence-corrected chi connectivity index (χ2v) is 7.16. The maximum absolute atomic E-state index is 11.6. The van der Waals surface area contributed by atoms with Gasteiger partial charge in [-0.25, -0.2) is 0 Å². The van der Waals surface area contributed by atoms with E-state index in [0.717, 1.165) is 25.7 Å². The van der Waals surface area contributed by atoms with Crippen molar-refractivity contribution in [3.63, 3.8) is 0 Å². The van der Waals surface area contributed by atoms with Crippen LogP contribution >= 0.6 is 0 Å². The van der Waals surface area contributed by atoms with Gasteiger partial charge in [0.2, 0.25) is 0 Å². The van der Waals surface area contributed by atoms with E-state index < -0.39 is 0 Å². The van der Waals surface area contributed by atoms with Crippen LogP contribution in [0.4, 0.5) is 0 Å². The lowest BCUT2D eigenvalue weighted by Gasteiger charge is -2.04. The van der Waals surface area contributed by atoms with Crippen molar-refractivity contribution in [3.05, 3.63) is 24.3 Å². The van der Waals surface area contributed by atoms with Crippen LogP contribution in [0.3, 0.4) is 0 Å². The van der Waals surface area contributed by atoms with Gasteiger partial charge in [-0.05, 0) is 51.4 Å². The predicted molar refractivity (Wildman–Crippen MR) is 116 cm³/mol. The average molecular weight is 395 g/mol. The van der Waals surface area contributed by atoms with Gasteiger partial charge >= 0.3 is 11.9 Å². The maximum atomic E-state index is 11.6. The summed E-state index contributed by atoms with van der Waals surface area (Å²) in [6, 6.07) is 0. The molecule has 0 saturated heterocycles. The van der Waals surface area contributed by atoms with E-state index in [2.05, 4.69) is 38.2 Å². The summed E-state index contributed by atoms with van der Waals surface area (Å²) in [7, 11) is 0. The summed E-state index contributed by atoms with van der Waals surface area (Å²) in [5.74, 6) is -0.359. The van der Waals surface area contributed by atoms with Gasteiger partial charge in [0.15, 0.2) is 0 Å². The topological polar surface area (TPSA) is 52.6 Å². The number of hydrogen-bond acceptors (Lipinski definition) is 4. The van der Waals surface area contributed by atoms with Crippen LogP contribution in [0.2, 0.25) is 0 Å². The first-order valence-electron chi connectivity index (χ1n) is 11.3. The molecule has 4 nitrogen and oxygen atoms in total. The monoisotopic (exact) mass is 394 g/mol. The lowest BCUT2D eigenvalue weighted by atomic mass is 10.2.